The Morgan fingerprint density at radius 3 is 3.06 bits per heavy atom. The Hall–Kier alpha value is -1.91. The van der Waals surface area contributed by atoms with Crippen molar-refractivity contribution < 1.29 is 14.3 Å². The van der Waals surface area contributed by atoms with Crippen LogP contribution in [0.3, 0.4) is 0 Å². The van der Waals surface area contributed by atoms with Gasteiger partial charge in [0.25, 0.3) is 0 Å². The van der Waals surface area contributed by atoms with E-state index in [9.17, 15) is 9.18 Å². The normalized spacial score (nSPS) is 14.9. The van der Waals surface area contributed by atoms with Crippen molar-refractivity contribution in [2.24, 2.45) is 4.99 Å². The molecule has 0 spiro atoms. The molecule has 1 aliphatic rings. The zero-order valence-electron chi connectivity index (χ0n) is 9.27. The molecule has 0 bridgehead atoms. The van der Waals surface area contributed by atoms with E-state index in [0.717, 1.165) is 0 Å². The van der Waals surface area contributed by atoms with Crippen LogP contribution < -0.4 is 0 Å². The van der Waals surface area contributed by atoms with Gasteiger partial charge in [0.1, 0.15) is 11.7 Å². The zero-order valence-corrected chi connectivity index (χ0v) is 9.27. The van der Waals surface area contributed by atoms with Crippen molar-refractivity contribution in [2.45, 2.75) is 6.42 Å². The van der Waals surface area contributed by atoms with Crippen molar-refractivity contribution in [1.82, 2.24) is 4.90 Å². The van der Waals surface area contributed by atoms with E-state index in [1.54, 1.807) is 12.1 Å². The molecule has 0 atom stereocenters. The molecule has 0 unspecified atom stereocenters. The maximum absolute atomic E-state index is 13.1. The molecular formula is C12H13FN2O2. The van der Waals surface area contributed by atoms with Gasteiger partial charge in [-0.1, -0.05) is 12.1 Å². The minimum atomic E-state index is -0.838. The lowest BCUT2D eigenvalue weighted by Gasteiger charge is -2.19. The van der Waals surface area contributed by atoms with Crippen molar-refractivity contribution in [3.63, 3.8) is 0 Å². The van der Waals surface area contributed by atoms with E-state index < -0.39 is 5.97 Å². The molecule has 90 valence electrons. The quantitative estimate of drug-likeness (QED) is 0.858. The number of benzene rings is 1. The van der Waals surface area contributed by atoms with Crippen LogP contribution in [0.5, 0.6) is 0 Å². The van der Waals surface area contributed by atoms with Crippen LogP contribution in [-0.4, -0.2) is 41.4 Å². The van der Waals surface area contributed by atoms with Gasteiger partial charge in [-0.3, -0.25) is 9.79 Å². The molecule has 1 aromatic rings. The molecule has 0 amide bonds. The summed E-state index contributed by atoms with van der Waals surface area (Å²) >= 11 is 0. The van der Waals surface area contributed by atoms with Gasteiger partial charge in [0.15, 0.2) is 0 Å². The third-order valence-corrected chi connectivity index (χ3v) is 2.61. The van der Waals surface area contributed by atoms with E-state index >= 15 is 0 Å². The number of hydrogen-bond donors (Lipinski definition) is 1. The molecule has 5 heteroatoms. The van der Waals surface area contributed by atoms with Crippen molar-refractivity contribution in [1.29, 1.82) is 0 Å². The molecule has 0 aliphatic carbocycles. The second-order valence-electron chi connectivity index (χ2n) is 3.85. The monoisotopic (exact) mass is 236 g/mol. The van der Waals surface area contributed by atoms with Crippen LogP contribution in [0.4, 0.5) is 4.39 Å². The number of hydrogen-bond acceptors (Lipinski definition) is 3. The van der Waals surface area contributed by atoms with Crippen molar-refractivity contribution >= 4 is 11.8 Å². The highest BCUT2D eigenvalue weighted by atomic mass is 19.1. The number of carboxylic acid groups (broad SMARTS) is 1. The van der Waals surface area contributed by atoms with Crippen LogP contribution in [0.15, 0.2) is 29.3 Å². The summed E-state index contributed by atoms with van der Waals surface area (Å²) in [6, 6.07) is 6.19. The van der Waals surface area contributed by atoms with Gasteiger partial charge < -0.3 is 10.0 Å². The van der Waals surface area contributed by atoms with E-state index in [1.165, 1.54) is 12.1 Å². The highest BCUT2D eigenvalue weighted by Crippen LogP contribution is 2.13. The number of carboxylic acids is 1. The SMILES string of the molecule is O=C(O)CCN1CCN=C1c1cccc(F)c1. The summed E-state index contributed by atoms with van der Waals surface area (Å²) in [5.74, 6) is -0.462. The van der Waals surface area contributed by atoms with Crippen molar-refractivity contribution in [2.75, 3.05) is 19.6 Å². The first-order valence-corrected chi connectivity index (χ1v) is 5.44. The third kappa shape index (κ3) is 2.81. The van der Waals surface area contributed by atoms with Gasteiger partial charge in [0, 0.05) is 18.7 Å². The summed E-state index contributed by atoms with van der Waals surface area (Å²) in [7, 11) is 0. The van der Waals surface area contributed by atoms with E-state index in [1.807, 2.05) is 4.90 Å². The molecule has 1 aliphatic heterocycles. The van der Waals surface area contributed by atoms with Gasteiger partial charge in [0.05, 0.1) is 13.0 Å². The fourth-order valence-electron chi connectivity index (χ4n) is 1.83. The van der Waals surface area contributed by atoms with Crippen LogP contribution in [0.25, 0.3) is 0 Å². The summed E-state index contributed by atoms with van der Waals surface area (Å²) < 4.78 is 13.1. The van der Waals surface area contributed by atoms with Crippen LogP contribution in [-0.2, 0) is 4.79 Å². The van der Waals surface area contributed by atoms with Gasteiger partial charge in [-0.15, -0.1) is 0 Å². The van der Waals surface area contributed by atoms with Crippen molar-refractivity contribution in [3.8, 4) is 0 Å². The van der Waals surface area contributed by atoms with E-state index in [2.05, 4.69) is 4.99 Å². The molecule has 4 nitrogen and oxygen atoms in total. The fraction of sp³-hybridized carbons (Fsp3) is 0.333. The second kappa shape index (κ2) is 4.95. The summed E-state index contributed by atoms with van der Waals surface area (Å²) in [5.41, 5.74) is 0.702. The Kier molecular flexibility index (Phi) is 3.37. The topological polar surface area (TPSA) is 52.9 Å². The van der Waals surface area contributed by atoms with Crippen LogP contribution in [0.1, 0.15) is 12.0 Å². The average molecular weight is 236 g/mol. The summed E-state index contributed by atoms with van der Waals surface area (Å²) in [5, 5.41) is 8.65. The molecule has 0 fully saturated rings. The summed E-state index contributed by atoms with van der Waals surface area (Å²) in [6.07, 6.45) is 0.0638. The summed E-state index contributed by atoms with van der Waals surface area (Å²) in [6.45, 7) is 1.73. The van der Waals surface area contributed by atoms with Gasteiger partial charge in [-0.25, -0.2) is 4.39 Å². The lowest BCUT2D eigenvalue weighted by atomic mass is 10.2. The van der Waals surface area contributed by atoms with Crippen molar-refractivity contribution in [3.05, 3.63) is 35.6 Å². The van der Waals surface area contributed by atoms with E-state index in [4.69, 9.17) is 5.11 Å². The van der Waals surface area contributed by atoms with E-state index in [0.29, 0.717) is 31.0 Å². The highest BCUT2D eigenvalue weighted by molar-refractivity contribution is 5.99. The van der Waals surface area contributed by atoms with Gasteiger partial charge in [0.2, 0.25) is 0 Å². The van der Waals surface area contributed by atoms with Crippen LogP contribution in [0, 0.1) is 5.82 Å². The first kappa shape index (κ1) is 11.6. The molecule has 1 aromatic carbocycles. The Labute approximate surface area is 98.4 Å². The Morgan fingerprint density at radius 1 is 1.53 bits per heavy atom. The standard InChI is InChI=1S/C12H13FN2O2/c13-10-3-1-2-9(8-10)12-14-5-7-15(12)6-4-11(16)17/h1-3,8H,4-7H2,(H,16,17). The predicted octanol–water partition coefficient (Wildman–Crippen LogP) is 1.36. The number of aliphatic carboxylic acids is 1. The molecular weight excluding hydrogens is 223 g/mol. The minimum absolute atomic E-state index is 0.0638. The molecule has 0 aromatic heterocycles. The van der Waals surface area contributed by atoms with Gasteiger partial charge in [-0.2, -0.15) is 0 Å². The number of amidine groups is 1. The number of halogens is 1. The lowest BCUT2D eigenvalue weighted by Crippen LogP contribution is -2.30. The molecule has 17 heavy (non-hydrogen) atoms. The fourth-order valence-corrected chi connectivity index (χ4v) is 1.83. The molecule has 0 saturated carbocycles. The highest BCUT2D eigenvalue weighted by Gasteiger charge is 2.19. The lowest BCUT2D eigenvalue weighted by molar-refractivity contribution is -0.137. The number of rotatable bonds is 4. The smallest absolute Gasteiger partial charge is 0.305 e. The molecule has 1 heterocycles. The maximum atomic E-state index is 13.1. The summed E-state index contributed by atoms with van der Waals surface area (Å²) in [4.78, 5) is 16.7. The third-order valence-electron chi connectivity index (χ3n) is 2.61. The largest absolute Gasteiger partial charge is 0.481 e. The molecule has 2 rings (SSSR count). The van der Waals surface area contributed by atoms with E-state index in [-0.39, 0.29) is 12.2 Å². The number of aliphatic imine (C=N–C) groups is 1. The first-order chi connectivity index (χ1) is 8.16. The maximum Gasteiger partial charge on any atom is 0.305 e. The van der Waals surface area contributed by atoms with Crippen LogP contribution >= 0.6 is 0 Å². The second-order valence-corrected chi connectivity index (χ2v) is 3.85. The minimum Gasteiger partial charge on any atom is -0.481 e. The Bertz CT molecular complexity index is 460. The molecule has 1 N–H and O–H groups in total. The first-order valence-electron chi connectivity index (χ1n) is 5.44. The number of nitrogens with zero attached hydrogens (tertiary/aromatic N) is 2. The Balaban J connectivity index is 2.11. The van der Waals surface area contributed by atoms with Gasteiger partial charge >= 0.3 is 5.97 Å². The average Bonchev–Trinajstić information content (AvgIpc) is 2.74. The Morgan fingerprint density at radius 2 is 2.35 bits per heavy atom. The number of carbonyl (C=O) groups is 1. The van der Waals surface area contributed by atoms with Crippen LogP contribution in [0.2, 0.25) is 0 Å². The van der Waals surface area contributed by atoms with Gasteiger partial charge in [-0.05, 0) is 12.1 Å². The molecule has 0 saturated heterocycles. The molecule has 0 radical (unpaired) electrons. The predicted molar refractivity (Wildman–Crippen MR) is 61.6 cm³/mol. The zero-order chi connectivity index (χ0) is 12.3.